The standard InChI is InChI=1S/C11H13BrO3S/c12-9-4-6-10(7-5-9)16(15)8-2-1-3-11(13)14/h4-7H,1-3,8H2,(H,13,14). The van der Waals surface area contributed by atoms with Crippen LogP contribution in [-0.2, 0) is 15.6 Å². The van der Waals surface area contributed by atoms with Crippen LogP contribution in [0.25, 0.3) is 0 Å². The zero-order valence-corrected chi connectivity index (χ0v) is 11.1. The van der Waals surface area contributed by atoms with E-state index in [1.54, 1.807) is 0 Å². The first-order chi connectivity index (χ1) is 7.59. The topological polar surface area (TPSA) is 54.4 Å². The summed E-state index contributed by atoms with van der Waals surface area (Å²) >= 11 is 3.31. The molecule has 0 fully saturated rings. The fourth-order valence-corrected chi connectivity index (χ4v) is 2.62. The van der Waals surface area contributed by atoms with E-state index in [0.717, 1.165) is 9.37 Å². The molecular weight excluding hydrogens is 292 g/mol. The normalized spacial score (nSPS) is 12.3. The molecule has 0 aromatic heterocycles. The Morgan fingerprint density at radius 1 is 1.25 bits per heavy atom. The van der Waals surface area contributed by atoms with E-state index < -0.39 is 16.8 Å². The molecule has 3 nitrogen and oxygen atoms in total. The summed E-state index contributed by atoms with van der Waals surface area (Å²) in [6.45, 7) is 0. The molecule has 16 heavy (non-hydrogen) atoms. The highest BCUT2D eigenvalue weighted by molar-refractivity contribution is 9.10. The van der Waals surface area contributed by atoms with Crippen molar-refractivity contribution in [3.63, 3.8) is 0 Å². The van der Waals surface area contributed by atoms with Crippen LogP contribution in [0.4, 0.5) is 0 Å². The van der Waals surface area contributed by atoms with Crippen LogP contribution >= 0.6 is 15.9 Å². The molecule has 0 aliphatic rings. The van der Waals surface area contributed by atoms with Crippen molar-refractivity contribution in [3.8, 4) is 0 Å². The maximum Gasteiger partial charge on any atom is 0.303 e. The first-order valence-electron chi connectivity index (χ1n) is 4.95. The van der Waals surface area contributed by atoms with Crippen molar-refractivity contribution in [2.24, 2.45) is 0 Å². The minimum atomic E-state index is -1.02. The number of aliphatic carboxylic acids is 1. The second kappa shape index (κ2) is 6.81. The smallest absolute Gasteiger partial charge is 0.303 e. The maximum atomic E-state index is 11.7. The van der Waals surface area contributed by atoms with Crippen LogP contribution in [0.2, 0.25) is 0 Å². The van der Waals surface area contributed by atoms with E-state index in [1.165, 1.54) is 0 Å². The van der Waals surface area contributed by atoms with Crippen LogP contribution in [0.15, 0.2) is 33.6 Å². The van der Waals surface area contributed by atoms with Gasteiger partial charge >= 0.3 is 5.97 Å². The molecule has 0 aliphatic heterocycles. The molecule has 1 atom stereocenters. The molecule has 0 radical (unpaired) electrons. The van der Waals surface area contributed by atoms with Gasteiger partial charge in [-0.3, -0.25) is 9.00 Å². The third kappa shape index (κ3) is 4.90. The SMILES string of the molecule is O=C(O)CCCCS(=O)c1ccc(Br)cc1. The summed E-state index contributed by atoms with van der Waals surface area (Å²) in [7, 11) is -1.02. The summed E-state index contributed by atoms with van der Waals surface area (Å²) < 4.78 is 12.7. The zero-order valence-electron chi connectivity index (χ0n) is 8.69. The van der Waals surface area contributed by atoms with Gasteiger partial charge in [0.15, 0.2) is 0 Å². The number of rotatable bonds is 6. The summed E-state index contributed by atoms with van der Waals surface area (Å²) in [5, 5.41) is 8.45. The minimum Gasteiger partial charge on any atom is -0.481 e. The van der Waals surface area contributed by atoms with E-state index in [0.29, 0.717) is 18.6 Å². The van der Waals surface area contributed by atoms with Gasteiger partial charge in [0, 0.05) is 21.5 Å². The monoisotopic (exact) mass is 304 g/mol. The van der Waals surface area contributed by atoms with Gasteiger partial charge in [0.2, 0.25) is 0 Å². The second-order valence-electron chi connectivity index (χ2n) is 3.35. The Morgan fingerprint density at radius 3 is 2.44 bits per heavy atom. The van der Waals surface area contributed by atoms with Crippen molar-refractivity contribution in [2.45, 2.75) is 24.2 Å². The van der Waals surface area contributed by atoms with Gasteiger partial charge in [-0.15, -0.1) is 0 Å². The molecular formula is C11H13BrO3S. The van der Waals surface area contributed by atoms with Crippen molar-refractivity contribution < 1.29 is 14.1 Å². The highest BCUT2D eigenvalue weighted by atomic mass is 79.9. The molecule has 0 heterocycles. The number of hydrogen-bond acceptors (Lipinski definition) is 2. The lowest BCUT2D eigenvalue weighted by atomic mass is 10.2. The highest BCUT2D eigenvalue weighted by Crippen LogP contribution is 2.14. The third-order valence-electron chi connectivity index (χ3n) is 2.05. The van der Waals surface area contributed by atoms with Crippen LogP contribution in [0, 0.1) is 0 Å². The van der Waals surface area contributed by atoms with Crippen LogP contribution in [0.3, 0.4) is 0 Å². The summed E-state index contributed by atoms with van der Waals surface area (Å²) in [5.74, 6) is -0.274. The molecule has 0 amide bonds. The largest absolute Gasteiger partial charge is 0.481 e. The van der Waals surface area contributed by atoms with Crippen molar-refractivity contribution >= 4 is 32.7 Å². The number of carboxylic acid groups (broad SMARTS) is 1. The lowest BCUT2D eigenvalue weighted by Gasteiger charge is -2.01. The van der Waals surface area contributed by atoms with Gasteiger partial charge in [-0.05, 0) is 37.1 Å². The number of carbonyl (C=O) groups is 1. The number of halogens is 1. The molecule has 0 aliphatic carbocycles. The molecule has 1 rings (SSSR count). The lowest BCUT2D eigenvalue weighted by molar-refractivity contribution is -0.137. The van der Waals surface area contributed by atoms with Gasteiger partial charge in [-0.25, -0.2) is 0 Å². The van der Waals surface area contributed by atoms with Crippen LogP contribution in [0.5, 0.6) is 0 Å². The lowest BCUT2D eigenvalue weighted by Crippen LogP contribution is -2.00. The first kappa shape index (κ1) is 13.4. The Hall–Kier alpha value is -0.680. The van der Waals surface area contributed by atoms with Crippen LogP contribution in [-0.4, -0.2) is 21.0 Å². The molecule has 1 N–H and O–H groups in total. The summed E-state index contributed by atoms with van der Waals surface area (Å²) in [6.07, 6.45) is 1.41. The Balaban J connectivity index is 2.35. The van der Waals surface area contributed by atoms with Gasteiger partial charge < -0.3 is 5.11 Å². The molecule has 0 bridgehead atoms. The zero-order chi connectivity index (χ0) is 12.0. The molecule has 0 saturated carbocycles. The Bertz CT molecular complexity index is 375. The molecule has 1 aromatic rings. The third-order valence-corrected chi connectivity index (χ3v) is 4.03. The summed E-state index contributed by atoms with van der Waals surface area (Å²) in [5.41, 5.74) is 0. The predicted molar refractivity (Wildman–Crippen MR) is 66.9 cm³/mol. The maximum absolute atomic E-state index is 11.7. The van der Waals surface area contributed by atoms with Crippen LogP contribution < -0.4 is 0 Å². The van der Waals surface area contributed by atoms with Gasteiger partial charge in [-0.2, -0.15) is 0 Å². The van der Waals surface area contributed by atoms with Crippen molar-refractivity contribution in [2.75, 3.05) is 5.75 Å². The Labute approximate surface area is 105 Å². The van der Waals surface area contributed by atoms with Gasteiger partial charge in [-0.1, -0.05) is 15.9 Å². The molecule has 1 aromatic carbocycles. The first-order valence-corrected chi connectivity index (χ1v) is 7.06. The molecule has 5 heteroatoms. The minimum absolute atomic E-state index is 0.150. The van der Waals surface area contributed by atoms with Gasteiger partial charge in [0.05, 0.1) is 10.8 Å². The number of hydrogen-bond donors (Lipinski definition) is 1. The number of carboxylic acids is 1. The quantitative estimate of drug-likeness (QED) is 0.822. The molecule has 0 spiro atoms. The number of benzene rings is 1. The van der Waals surface area contributed by atoms with Crippen molar-refractivity contribution in [1.82, 2.24) is 0 Å². The highest BCUT2D eigenvalue weighted by Gasteiger charge is 2.04. The van der Waals surface area contributed by atoms with E-state index in [2.05, 4.69) is 15.9 Å². The van der Waals surface area contributed by atoms with Crippen LogP contribution in [0.1, 0.15) is 19.3 Å². The van der Waals surface area contributed by atoms with Gasteiger partial charge in [0.25, 0.3) is 0 Å². The van der Waals surface area contributed by atoms with E-state index in [1.807, 2.05) is 24.3 Å². The van der Waals surface area contributed by atoms with Gasteiger partial charge in [0.1, 0.15) is 0 Å². The van der Waals surface area contributed by atoms with E-state index in [-0.39, 0.29) is 6.42 Å². The number of unbranched alkanes of at least 4 members (excludes halogenated alkanes) is 1. The Morgan fingerprint density at radius 2 is 1.88 bits per heavy atom. The van der Waals surface area contributed by atoms with Crippen molar-refractivity contribution in [3.05, 3.63) is 28.7 Å². The van der Waals surface area contributed by atoms with Crippen molar-refractivity contribution in [1.29, 1.82) is 0 Å². The fraction of sp³-hybridized carbons (Fsp3) is 0.364. The Kier molecular flexibility index (Phi) is 5.69. The van der Waals surface area contributed by atoms with E-state index in [4.69, 9.17) is 5.11 Å². The average molecular weight is 305 g/mol. The molecule has 0 saturated heterocycles. The van der Waals surface area contributed by atoms with E-state index in [9.17, 15) is 9.00 Å². The second-order valence-corrected chi connectivity index (χ2v) is 5.84. The summed E-state index contributed by atoms with van der Waals surface area (Å²) in [6, 6.07) is 7.34. The predicted octanol–water partition coefficient (Wildman–Crippen LogP) is 2.81. The molecule has 88 valence electrons. The summed E-state index contributed by atoms with van der Waals surface area (Å²) in [4.78, 5) is 11.1. The van der Waals surface area contributed by atoms with E-state index >= 15 is 0 Å². The molecule has 1 unspecified atom stereocenters. The average Bonchev–Trinajstić information content (AvgIpc) is 2.25. The fourth-order valence-electron chi connectivity index (χ4n) is 1.21.